The highest BCUT2D eigenvalue weighted by Gasteiger charge is 2.35. The monoisotopic (exact) mass is 418 g/mol. The van der Waals surface area contributed by atoms with Crippen LogP contribution in [0.25, 0.3) is 10.8 Å². The van der Waals surface area contributed by atoms with E-state index >= 15 is 0 Å². The standard InChI is InChI=1S/C20H30N6O2S/c1-12-7-9-26-13(11-25(12)6)14(23-16(26)19-22-8-10-29-19)17(27)24-15(18(28)21-5)20(2,3)4/h8,10,12,15H,7,9,11H2,1-6H3,(H,21,28)(H,24,27)/t12?,15-/m1/s1. The molecule has 0 saturated carbocycles. The van der Waals surface area contributed by atoms with E-state index in [9.17, 15) is 9.59 Å². The van der Waals surface area contributed by atoms with Crippen molar-refractivity contribution in [3.63, 3.8) is 0 Å². The van der Waals surface area contributed by atoms with Gasteiger partial charge in [-0.05, 0) is 25.8 Å². The number of likely N-dealkylation sites (N-methyl/N-ethyl adjacent to an activating group) is 1. The second-order valence-corrected chi connectivity index (χ2v) is 9.55. The number of rotatable bonds is 4. The van der Waals surface area contributed by atoms with Crippen LogP contribution in [0.1, 0.15) is 50.3 Å². The molecule has 1 unspecified atom stereocenters. The number of hydrogen-bond donors (Lipinski definition) is 2. The van der Waals surface area contributed by atoms with Crippen LogP contribution in [0.3, 0.4) is 0 Å². The number of imidazole rings is 1. The van der Waals surface area contributed by atoms with E-state index < -0.39 is 11.5 Å². The van der Waals surface area contributed by atoms with Crippen LogP contribution in [0, 0.1) is 5.41 Å². The van der Waals surface area contributed by atoms with E-state index in [2.05, 4.69) is 39.1 Å². The Balaban J connectivity index is 2.03. The Kier molecular flexibility index (Phi) is 6.09. The molecular formula is C20H30N6O2S. The number of carbonyl (C=O) groups is 2. The summed E-state index contributed by atoms with van der Waals surface area (Å²) >= 11 is 1.51. The van der Waals surface area contributed by atoms with E-state index in [1.54, 1.807) is 13.2 Å². The predicted molar refractivity (Wildman–Crippen MR) is 114 cm³/mol. The average Bonchev–Trinajstić information content (AvgIpc) is 3.27. The molecule has 2 aromatic heterocycles. The van der Waals surface area contributed by atoms with Crippen LogP contribution >= 0.6 is 11.3 Å². The van der Waals surface area contributed by atoms with E-state index in [1.165, 1.54) is 11.3 Å². The number of hydrogen-bond acceptors (Lipinski definition) is 6. The third-order valence-corrected chi connectivity index (χ3v) is 6.25. The summed E-state index contributed by atoms with van der Waals surface area (Å²) in [7, 11) is 3.63. The highest BCUT2D eigenvalue weighted by atomic mass is 32.1. The lowest BCUT2D eigenvalue weighted by Gasteiger charge is -2.29. The topological polar surface area (TPSA) is 92.1 Å². The Labute approximate surface area is 175 Å². The van der Waals surface area contributed by atoms with Crippen molar-refractivity contribution >= 4 is 23.2 Å². The molecule has 2 N–H and O–H groups in total. The Bertz CT molecular complexity index is 884. The molecule has 2 amide bonds. The Morgan fingerprint density at radius 3 is 2.66 bits per heavy atom. The molecule has 1 aliphatic heterocycles. The number of nitrogens with zero attached hydrogens (tertiary/aromatic N) is 4. The molecule has 0 radical (unpaired) electrons. The lowest BCUT2D eigenvalue weighted by Crippen LogP contribution is -2.53. The molecule has 0 fully saturated rings. The molecule has 0 aliphatic carbocycles. The first-order valence-corrected chi connectivity index (χ1v) is 10.7. The molecule has 158 valence electrons. The maximum absolute atomic E-state index is 13.3. The van der Waals surface area contributed by atoms with Gasteiger partial charge in [-0.1, -0.05) is 20.8 Å². The van der Waals surface area contributed by atoms with Crippen molar-refractivity contribution in [3.8, 4) is 10.8 Å². The summed E-state index contributed by atoms with van der Waals surface area (Å²) in [5.74, 6) is 0.167. The van der Waals surface area contributed by atoms with E-state index in [0.717, 1.165) is 29.5 Å². The third-order valence-electron chi connectivity index (χ3n) is 5.48. The summed E-state index contributed by atoms with van der Waals surface area (Å²) in [4.78, 5) is 37.0. The zero-order valence-corrected chi connectivity index (χ0v) is 18.8. The number of thiazole rings is 1. The molecule has 9 heteroatoms. The molecule has 3 heterocycles. The van der Waals surface area contributed by atoms with Gasteiger partial charge in [0, 0.05) is 37.8 Å². The van der Waals surface area contributed by atoms with Gasteiger partial charge in [-0.2, -0.15) is 0 Å². The van der Waals surface area contributed by atoms with Crippen molar-refractivity contribution < 1.29 is 9.59 Å². The van der Waals surface area contributed by atoms with Gasteiger partial charge in [-0.25, -0.2) is 9.97 Å². The second-order valence-electron chi connectivity index (χ2n) is 8.66. The molecule has 0 saturated heterocycles. The van der Waals surface area contributed by atoms with E-state index in [1.807, 2.05) is 26.2 Å². The number of carbonyl (C=O) groups excluding carboxylic acids is 2. The maximum Gasteiger partial charge on any atom is 0.272 e. The minimum Gasteiger partial charge on any atom is -0.357 e. The van der Waals surface area contributed by atoms with E-state index in [-0.39, 0.29) is 11.8 Å². The molecule has 3 rings (SSSR count). The number of nitrogens with one attached hydrogen (secondary N) is 2. The third kappa shape index (κ3) is 4.35. The van der Waals surface area contributed by atoms with Gasteiger partial charge in [-0.3, -0.25) is 14.5 Å². The van der Waals surface area contributed by atoms with Gasteiger partial charge in [0.05, 0.1) is 5.69 Å². The SMILES string of the molecule is CNC(=O)[C@@H](NC(=O)c1nc(-c2nccs2)n2c1CN(C)C(C)CC2)C(C)(C)C. The average molecular weight is 419 g/mol. The minimum atomic E-state index is -0.664. The Hall–Kier alpha value is -2.26. The largest absolute Gasteiger partial charge is 0.357 e. The summed E-state index contributed by atoms with van der Waals surface area (Å²) in [6.45, 7) is 9.35. The lowest BCUT2D eigenvalue weighted by atomic mass is 9.86. The van der Waals surface area contributed by atoms with Crippen LogP contribution in [-0.2, 0) is 17.9 Å². The van der Waals surface area contributed by atoms with Crippen LogP contribution in [0.2, 0.25) is 0 Å². The summed E-state index contributed by atoms with van der Waals surface area (Å²) in [5, 5.41) is 8.26. The smallest absolute Gasteiger partial charge is 0.272 e. The molecule has 2 aromatic rings. The van der Waals surface area contributed by atoms with Gasteiger partial charge in [-0.15, -0.1) is 11.3 Å². The van der Waals surface area contributed by atoms with E-state index in [0.29, 0.717) is 18.3 Å². The van der Waals surface area contributed by atoms with Crippen LogP contribution in [0.4, 0.5) is 0 Å². The zero-order valence-electron chi connectivity index (χ0n) is 17.9. The first-order valence-electron chi connectivity index (χ1n) is 9.85. The molecule has 2 atom stereocenters. The maximum atomic E-state index is 13.3. The Morgan fingerprint density at radius 1 is 1.34 bits per heavy atom. The molecule has 0 spiro atoms. The van der Waals surface area contributed by atoms with Gasteiger partial charge < -0.3 is 15.2 Å². The van der Waals surface area contributed by atoms with Crippen molar-refractivity contribution in [1.82, 2.24) is 30.1 Å². The van der Waals surface area contributed by atoms with Gasteiger partial charge in [0.2, 0.25) is 5.91 Å². The summed E-state index contributed by atoms with van der Waals surface area (Å²) in [5.41, 5.74) is 0.800. The first kappa shape index (κ1) is 21.4. The van der Waals surface area contributed by atoms with Gasteiger partial charge in [0.1, 0.15) is 6.04 Å². The van der Waals surface area contributed by atoms with Crippen molar-refractivity contribution in [2.45, 2.75) is 59.3 Å². The molecular weight excluding hydrogens is 388 g/mol. The summed E-state index contributed by atoms with van der Waals surface area (Å²) < 4.78 is 2.11. The van der Waals surface area contributed by atoms with Crippen molar-refractivity contribution in [3.05, 3.63) is 23.0 Å². The van der Waals surface area contributed by atoms with Crippen molar-refractivity contribution in [2.24, 2.45) is 5.41 Å². The number of aromatic nitrogens is 3. The zero-order chi connectivity index (χ0) is 21.3. The van der Waals surface area contributed by atoms with Gasteiger partial charge in [0.25, 0.3) is 5.91 Å². The van der Waals surface area contributed by atoms with Crippen molar-refractivity contribution in [2.75, 3.05) is 14.1 Å². The van der Waals surface area contributed by atoms with Crippen LogP contribution in [0.5, 0.6) is 0 Å². The fraction of sp³-hybridized carbons (Fsp3) is 0.600. The molecule has 0 aromatic carbocycles. The molecule has 1 aliphatic rings. The summed E-state index contributed by atoms with van der Waals surface area (Å²) in [6, 6.07) is -0.272. The van der Waals surface area contributed by atoms with Crippen molar-refractivity contribution in [1.29, 1.82) is 0 Å². The van der Waals surface area contributed by atoms with Crippen LogP contribution < -0.4 is 10.6 Å². The fourth-order valence-electron chi connectivity index (χ4n) is 3.51. The van der Waals surface area contributed by atoms with Crippen LogP contribution in [0.15, 0.2) is 11.6 Å². The lowest BCUT2D eigenvalue weighted by molar-refractivity contribution is -0.124. The second kappa shape index (κ2) is 8.23. The van der Waals surface area contributed by atoms with Gasteiger partial charge >= 0.3 is 0 Å². The molecule has 8 nitrogen and oxygen atoms in total. The quantitative estimate of drug-likeness (QED) is 0.794. The first-order chi connectivity index (χ1) is 13.6. The highest BCUT2D eigenvalue weighted by Crippen LogP contribution is 2.29. The van der Waals surface area contributed by atoms with E-state index in [4.69, 9.17) is 4.98 Å². The molecule has 29 heavy (non-hydrogen) atoms. The van der Waals surface area contributed by atoms with Gasteiger partial charge in [0.15, 0.2) is 16.5 Å². The number of amides is 2. The predicted octanol–water partition coefficient (Wildman–Crippen LogP) is 2.12. The Morgan fingerprint density at radius 2 is 2.07 bits per heavy atom. The minimum absolute atomic E-state index is 0.220. The fourth-order valence-corrected chi connectivity index (χ4v) is 4.15. The molecule has 0 bridgehead atoms. The number of fused-ring (bicyclic) bond motifs is 1. The van der Waals surface area contributed by atoms with Crippen LogP contribution in [-0.4, -0.2) is 57.4 Å². The highest BCUT2D eigenvalue weighted by molar-refractivity contribution is 7.13. The summed E-state index contributed by atoms with van der Waals surface area (Å²) in [6.07, 6.45) is 2.70. The normalized spacial score (nSPS) is 18.6.